The maximum Gasteiger partial charge on any atom is 0.191 e. The molecule has 0 radical (unpaired) electrons. The first-order valence-electron chi connectivity index (χ1n) is 8.26. The predicted molar refractivity (Wildman–Crippen MR) is 97.2 cm³/mol. The third-order valence-corrected chi connectivity index (χ3v) is 5.22. The van der Waals surface area contributed by atoms with E-state index in [1.54, 1.807) is 19.2 Å². The Morgan fingerprint density at radius 3 is 2.48 bits per heavy atom. The molecule has 2 rings (SSSR count). The predicted octanol–water partition coefficient (Wildman–Crippen LogP) is 1.58. The fourth-order valence-electron chi connectivity index (χ4n) is 2.62. The van der Waals surface area contributed by atoms with Crippen molar-refractivity contribution in [2.75, 3.05) is 32.1 Å². The van der Waals surface area contributed by atoms with Crippen molar-refractivity contribution < 1.29 is 17.5 Å². The molecule has 1 aromatic rings. The van der Waals surface area contributed by atoms with E-state index in [1.165, 1.54) is 18.4 Å². The average Bonchev–Trinajstić information content (AvgIpc) is 3.27. The number of benzene rings is 1. The molecule has 1 aliphatic rings. The van der Waals surface area contributed by atoms with Crippen LogP contribution in [0.15, 0.2) is 29.3 Å². The molecule has 0 aromatic heterocycles. The van der Waals surface area contributed by atoms with Gasteiger partial charge in [-0.15, -0.1) is 0 Å². The average molecular weight is 371 g/mol. The number of rotatable bonds is 8. The third kappa shape index (κ3) is 6.89. The second kappa shape index (κ2) is 8.03. The van der Waals surface area contributed by atoms with E-state index >= 15 is 0 Å². The van der Waals surface area contributed by atoms with Crippen LogP contribution >= 0.6 is 0 Å². The molecule has 1 atom stereocenters. The van der Waals surface area contributed by atoms with Crippen LogP contribution < -0.4 is 15.4 Å². The molecule has 0 saturated heterocycles. The molecule has 1 aromatic carbocycles. The van der Waals surface area contributed by atoms with Gasteiger partial charge in [0.05, 0.1) is 12.3 Å². The summed E-state index contributed by atoms with van der Waals surface area (Å²) in [6.45, 7) is 2.98. The van der Waals surface area contributed by atoms with E-state index < -0.39 is 9.84 Å². The highest BCUT2D eigenvalue weighted by Crippen LogP contribution is 2.45. The minimum atomic E-state index is -2.98. The normalized spacial score (nSPS) is 17.7. The highest BCUT2D eigenvalue weighted by atomic mass is 32.2. The molecule has 6 nitrogen and oxygen atoms in total. The molecular weight excluding hydrogens is 345 g/mol. The Bertz CT molecular complexity index is 700. The van der Waals surface area contributed by atoms with Gasteiger partial charge in [-0.3, -0.25) is 4.99 Å². The fourth-order valence-corrected chi connectivity index (χ4v) is 4.13. The van der Waals surface area contributed by atoms with Gasteiger partial charge in [-0.05, 0) is 44.0 Å². The number of nitrogens with one attached hydrogen (secondary N) is 2. The smallest absolute Gasteiger partial charge is 0.191 e. The fraction of sp³-hybridized carbons (Fsp3) is 0.588. The van der Waals surface area contributed by atoms with E-state index in [-0.39, 0.29) is 23.1 Å². The SMILES string of the molecule is CN=C(NCC(C)Oc1ccc(F)cc1)NCC1(CS(C)(=O)=O)CC1. The van der Waals surface area contributed by atoms with Gasteiger partial charge in [-0.25, -0.2) is 12.8 Å². The monoisotopic (exact) mass is 371 g/mol. The van der Waals surface area contributed by atoms with E-state index in [1.807, 2.05) is 6.92 Å². The quantitative estimate of drug-likeness (QED) is 0.536. The Labute approximate surface area is 148 Å². The van der Waals surface area contributed by atoms with Crippen LogP contribution in [0.3, 0.4) is 0 Å². The van der Waals surface area contributed by atoms with E-state index in [0.717, 1.165) is 12.8 Å². The van der Waals surface area contributed by atoms with E-state index in [4.69, 9.17) is 4.74 Å². The van der Waals surface area contributed by atoms with Crippen molar-refractivity contribution in [3.05, 3.63) is 30.1 Å². The molecule has 0 spiro atoms. The summed E-state index contributed by atoms with van der Waals surface area (Å²) in [5.41, 5.74) is -0.165. The first kappa shape index (κ1) is 19.5. The van der Waals surface area contributed by atoms with Crippen molar-refractivity contribution in [1.29, 1.82) is 0 Å². The topological polar surface area (TPSA) is 79.8 Å². The summed E-state index contributed by atoms with van der Waals surface area (Å²) in [5.74, 6) is 1.11. The zero-order chi connectivity index (χ0) is 18.5. The van der Waals surface area contributed by atoms with Crippen LogP contribution in [0.2, 0.25) is 0 Å². The van der Waals surface area contributed by atoms with Crippen molar-refractivity contribution in [3.8, 4) is 5.75 Å². The van der Waals surface area contributed by atoms with Gasteiger partial charge in [0.15, 0.2) is 5.96 Å². The first-order chi connectivity index (χ1) is 11.7. The van der Waals surface area contributed by atoms with Crippen LogP contribution in [0.25, 0.3) is 0 Å². The summed E-state index contributed by atoms with van der Waals surface area (Å²) >= 11 is 0. The zero-order valence-electron chi connectivity index (χ0n) is 14.9. The van der Waals surface area contributed by atoms with Gasteiger partial charge in [0, 0.05) is 25.3 Å². The lowest BCUT2D eigenvalue weighted by atomic mass is 10.1. The highest BCUT2D eigenvalue weighted by molar-refractivity contribution is 7.90. The van der Waals surface area contributed by atoms with Gasteiger partial charge >= 0.3 is 0 Å². The molecule has 140 valence electrons. The molecule has 1 unspecified atom stereocenters. The number of halogens is 1. The van der Waals surface area contributed by atoms with E-state index in [9.17, 15) is 12.8 Å². The van der Waals surface area contributed by atoms with E-state index in [2.05, 4.69) is 15.6 Å². The summed E-state index contributed by atoms with van der Waals surface area (Å²) in [4.78, 5) is 4.15. The number of ether oxygens (including phenoxy) is 1. The molecule has 0 amide bonds. The Morgan fingerprint density at radius 2 is 1.96 bits per heavy atom. The summed E-state index contributed by atoms with van der Waals surface area (Å²) in [6.07, 6.45) is 2.95. The summed E-state index contributed by atoms with van der Waals surface area (Å²) < 4.78 is 41.6. The molecule has 1 aliphatic carbocycles. The van der Waals surface area contributed by atoms with Gasteiger partial charge in [0.2, 0.25) is 0 Å². The minimum Gasteiger partial charge on any atom is -0.489 e. The molecule has 2 N–H and O–H groups in total. The molecule has 0 aliphatic heterocycles. The molecule has 25 heavy (non-hydrogen) atoms. The molecular formula is C17H26FN3O3S. The minimum absolute atomic E-state index is 0.144. The van der Waals surface area contributed by atoms with Crippen molar-refractivity contribution in [2.24, 2.45) is 10.4 Å². The number of nitrogens with zero attached hydrogens (tertiary/aromatic N) is 1. The maximum atomic E-state index is 12.9. The summed E-state index contributed by atoms with van der Waals surface area (Å²) in [6, 6.07) is 5.88. The van der Waals surface area contributed by atoms with Crippen molar-refractivity contribution in [1.82, 2.24) is 10.6 Å². The molecule has 0 bridgehead atoms. The summed E-state index contributed by atoms with van der Waals surface area (Å²) in [7, 11) is -1.32. The largest absolute Gasteiger partial charge is 0.489 e. The lowest BCUT2D eigenvalue weighted by Gasteiger charge is -2.20. The van der Waals surface area contributed by atoms with Crippen LogP contribution in [-0.4, -0.2) is 52.6 Å². The van der Waals surface area contributed by atoms with Crippen LogP contribution in [0.5, 0.6) is 5.75 Å². The molecule has 0 heterocycles. The van der Waals surface area contributed by atoms with Crippen LogP contribution in [0, 0.1) is 11.2 Å². The van der Waals surface area contributed by atoms with Gasteiger partial charge in [0.25, 0.3) is 0 Å². The number of guanidine groups is 1. The standard InChI is InChI=1S/C17H26FN3O3S/c1-13(24-15-6-4-14(18)5-7-15)10-20-16(19-2)21-11-17(8-9-17)12-25(3,22)23/h4-7,13H,8-12H2,1-3H3,(H2,19,20,21). The maximum absolute atomic E-state index is 12.9. The van der Waals surface area contributed by atoms with Crippen molar-refractivity contribution in [2.45, 2.75) is 25.9 Å². The van der Waals surface area contributed by atoms with E-state index in [0.29, 0.717) is 24.8 Å². The number of hydrogen-bond acceptors (Lipinski definition) is 4. The Balaban J connectivity index is 1.75. The lowest BCUT2D eigenvalue weighted by molar-refractivity contribution is 0.223. The van der Waals surface area contributed by atoms with Crippen LogP contribution in [0.1, 0.15) is 19.8 Å². The highest BCUT2D eigenvalue weighted by Gasteiger charge is 2.45. The molecule has 1 fully saturated rings. The second-order valence-corrected chi connectivity index (χ2v) is 8.90. The molecule has 8 heteroatoms. The van der Waals surface area contributed by atoms with Gasteiger partial charge in [0.1, 0.15) is 27.5 Å². The Kier molecular flexibility index (Phi) is 6.26. The second-order valence-electron chi connectivity index (χ2n) is 6.76. The summed E-state index contributed by atoms with van der Waals surface area (Å²) in [5, 5.41) is 6.35. The Hall–Kier alpha value is -1.83. The van der Waals surface area contributed by atoms with Crippen molar-refractivity contribution >= 4 is 15.8 Å². The third-order valence-electron chi connectivity index (χ3n) is 4.09. The zero-order valence-corrected chi connectivity index (χ0v) is 15.7. The Morgan fingerprint density at radius 1 is 1.32 bits per heavy atom. The van der Waals surface area contributed by atoms with Gasteiger partial charge < -0.3 is 15.4 Å². The number of sulfone groups is 1. The van der Waals surface area contributed by atoms with Gasteiger partial charge in [-0.2, -0.15) is 0 Å². The van der Waals surface area contributed by atoms with Crippen LogP contribution in [0.4, 0.5) is 4.39 Å². The number of aliphatic imine (C=N–C) groups is 1. The van der Waals surface area contributed by atoms with Crippen molar-refractivity contribution in [3.63, 3.8) is 0 Å². The van der Waals surface area contributed by atoms with Gasteiger partial charge in [-0.1, -0.05) is 0 Å². The lowest BCUT2D eigenvalue weighted by Crippen LogP contribution is -2.44. The number of hydrogen-bond donors (Lipinski definition) is 2. The molecule has 1 saturated carbocycles. The van der Waals surface area contributed by atoms with Crippen LogP contribution in [-0.2, 0) is 9.84 Å². The first-order valence-corrected chi connectivity index (χ1v) is 10.3.